The molecule has 154 valence electrons. The first kappa shape index (κ1) is 23.5. The molecule has 2 heteroatoms. The second kappa shape index (κ2) is 8.23. The average molecular weight is 367 g/mol. The van der Waals surface area contributed by atoms with Crippen molar-refractivity contribution in [3.05, 3.63) is 0 Å². The minimum atomic E-state index is -0.374. The van der Waals surface area contributed by atoms with Crippen LogP contribution in [-0.2, 0) is 9.53 Å². The minimum Gasteiger partial charge on any atom is -0.462 e. The van der Waals surface area contributed by atoms with Crippen molar-refractivity contribution < 1.29 is 9.53 Å². The van der Waals surface area contributed by atoms with Gasteiger partial charge < -0.3 is 4.74 Å². The molecule has 1 fully saturated rings. The van der Waals surface area contributed by atoms with E-state index in [0.717, 1.165) is 25.7 Å². The van der Waals surface area contributed by atoms with Crippen LogP contribution in [0.3, 0.4) is 0 Å². The molecule has 0 saturated heterocycles. The minimum absolute atomic E-state index is 0.0232. The molecule has 0 bridgehead atoms. The molecule has 2 nitrogen and oxygen atoms in total. The summed E-state index contributed by atoms with van der Waals surface area (Å²) in [5, 5.41) is 0. The van der Waals surface area contributed by atoms with Crippen molar-refractivity contribution in [1.82, 2.24) is 0 Å². The Morgan fingerprint density at radius 1 is 0.962 bits per heavy atom. The van der Waals surface area contributed by atoms with Crippen LogP contribution in [0.5, 0.6) is 0 Å². The lowest BCUT2D eigenvalue weighted by Gasteiger charge is -2.50. The Hall–Kier alpha value is -0.530. The van der Waals surface area contributed by atoms with Crippen molar-refractivity contribution in [3.8, 4) is 0 Å². The third-order valence-electron chi connectivity index (χ3n) is 7.63. The molecule has 0 aromatic rings. The Labute approximate surface area is 163 Å². The lowest BCUT2D eigenvalue weighted by molar-refractivity contribution is -0.176. The van der Waals surface area contributed by atoms with Crippen molar-refractivity contribution >= 4 is 5.97 Å². The number of carbonyl (C=O) groups is 1. The Morgan fingerprint density at radius 2 is 1.46 bits per heavy atom. The normalized spacial score (nSPS) is 31.2. The van der Waals surface area contributed by atoms with Gasteiger partial charge in [-0.1, -0.05) is 75.7 Å². The van der Waals surface area contributed by atoms with E-state index in [1.165, 1.54) is 0 Å². The summed E-state index contributed by atoms with van der Waals surface area (Å²) in [4.78, 5) is 13.2. The number of ether oxygens (including phenoxy) is 1. The highest BCUT2D eigenvalue weighted by Gasteiger charge is 2.47. The molecular weight excluding hydrogens is 320 g/mol. The van der Waals surface area contributed by atoms with E-state index in [1.54, 1.807) is 0 Å². The molecule has 1 aliphatic rings. The number of carbonyl (C=O) groups excluding carboxylic acids is 1. The van der Waals surface area contributed by atoms with E-state index in [4.69, 9.17) is 4.74 Å². The Morgan fingerprint density at radius 3 is 1.85 bits per heavy atom. The van der Waals surface area contributed by atoms with Crippen molar-refractivity contribution in [3.63, 3.8) is 0 Å². The first-order chi connectivity index (χ1) is 11.7. The zero-order valence-electron chi connectivity index (χ0n) is 19.5. The molecule has 0 spiro atoms. The molecule has 0 N–H and O–H groups in total. The highest BCUT2D eigenvalue weighted by atomic mass is 16.5. The molecule has 26 heavy (non-hydrogen) atoms. The van der Waals surface area contributed by atoms with Crippen LogP contribution in [0, 0.1) is 39.9 Å². The maximum Gasteiger partial charge on any atom is 0.312 e. The van der Waals surface area contributed by atoms with Crippen LogP contribution in [0.4, 0.5) is 0 Å². The summed E-state index contributed by atoms with van der Waals surface area (Å²) in [5.41, 5.74) is 0.0709. The predicted octanol–water partition coefficient (Wildman–Crippen LogP) is 7.12. The summed E-state index contributed by atoms with van der Waals surface area (Å²) < 4.78 is 6.30. The summed E-state index contributed by atoms with van der Waals surface area (Å²) in [6.45, 7) is 24.9. The monoisotopic (exact) mass is 366 g/mol. The van der Waals surface area contributed by atoms with Gasteiger partial charge in [0.05, 0.1) is 5.41 Å². The molecule has 1 saturated carbocycles. The van der Waals surface area contributed by atoms with Gasteiger partial charge in [-0.25, -0.2) is 0 Å². The zero-order chi connectivity index (χ0) is 20.5. The largest absolute Gasteiger partial charge is 0.462 e. The molecule has 6 unspecified atom stereocenters. The topological polar surface area (TPSA) is 26.3 Å². The van der Waals surface area contributed by atoms with E-state index < -0.39 is 0 Å². The number of rotatable bonds is 5. The summed E-state index contributed by atoms with van der Waals surface area (Å²) in [6.07, 6.45) is 4.04. The third-order valence-corrected chi connectivity index (χ3v) is 7.63. The lowest BCUT2D eigenvalue weighted by atomic mass is 9.58. The Kier molecular flexibility index (Phi) is 7.44. The van der Waals surface area contributed by atoms with Gasteiger partial charge in [0.15, 0.2) is 0 Å². The molecule has 0 amide bonds. The lowest BCUT2D eigenvalue weighted by Crippen LogP contribution is -2.48. The fourth-order valence-electron chi connectivity index (χ4n) is 5.02. The van der Waals surface area contributed by atoms with Crippen LogP contribution in [0.1, 0.15) is 102 Å². The summed E-state index contributed by atoms with van der Waals surface area (Å²) >= 11 is 0. The summed E-state index contributed by atoms with van der Waals surface area (Å²) in [6, 6.07) is 0. The molecule has 6 atom stereocenters. The van der Waals surface area contributed by atoms with Crippen LogP contribution < -0.4 is 0 Å². The quantitative estimate of drug-likeness (QED) is 0.484. The van der Waals surface area contributed by atoms with Gasteiger partial charge in [-0.05, 0) is 54.8 Å². The van der Waals surface area contributed by atoms with Gasteiger partial charge in [0, 0.05) is 5.92 Å². The fourth-order valence-corrected chi connectivity index (χ4v) is 5.02. The third kappa shape index (κ3) is 5.04. The molecule has 0 aliphatic heterocycles. The molecule has 0 heterocycles. The van der Waals surface area contributed by atoms with Crippen molar-refractivity contribution in [1.29, 1.82) is 0 Å². The predicted molar refractivity (Wildman–Crippen MR) is 112 cm³/mol. The summed E-state index contributed by atoms with van der Waals surface area (Å²) in [7, 11) is 0. The van der Waals surface area contributed by atoms with E-state index in [0.29, 0.717) is 29.1 Å². The van der Waals surface area contributed by atoms with Gasteiger partial charge in [0.1, 0.15) is 6.10 Å². The first-order valence-corrected chi connectivity index (χ1v) is 10.9. The Bertz CT molecular complexity index is 468. The number of hydrogen-bond acceptors (Lipinski definition) is 2. The van der Waals surface area contributed by atoms with E-state index in [2.05, 4.69) is 76.2 Å². The van der Waals surface area contributed by atoms with Gasteiger partial charge in [0.2, 0.25) is 0 Å². The van der Waals surface area contributed by atoms with Crippen molar-refractivity contribution in [2.24, 2.45) is 39.9 Å². The van der Waals surface area contributed by atoms with Crippen LogP contribution >= 0.6 is 0 Å². The van der Waals surface area contributed by atoms with Crippen LogP contribution in [0.15, 0.2) is 0 Å². The van der Waals surface area contributed by atoms with Gasteiger partial charge >= 0.3 is 5.97 Å². The first-order valence-electron chi connectivity index (χ1n) is 10.9. The molecule has 1 rings (SSSR count). The van der Waals surface area contributed by atoms with Gasteiger partial charge in [0.25, 0.3) is 0 Å². The van der Waals surface area contributed by atoms with Crippen molar-refractivity contribution in [2.75, 3.05) is 0 Å². The standard InChI is InChI=1S/C24H46O2/c1-12-17(4)24(11,13-2)21(25)26-20-14-16(3)18(22(5,6)7)15-19(20)23(8,9)10/h16-20H,12-15H2,1-11H3. The fraction of sp³-hybridized carbons (Fsp3) is 0.958. The van der Waals surface area contributed by atoms with E-state index in [-0.39, 0.29) is 22.9 Å². The number of esters is 1. The van der Waals surface area contributed by atoms with Gasteiger partial charge in [-0.3, -0.25) is 4.79 Å². The molecule has 0 aromatic carbocycles. The highest BCUT2D eigenvalue weighted by molar-refractivity contribution is 5.77. The molecule has 0 radical (unpaired) electrons. The number of hydrogen-bond donors (Lipinski definition) is 0. The maximum atomic E-state index is 13.2. The zero-order valence-corrected chi connectivity index (χ0v) is 19.5. The maximum absolute atomic E-state index is 13.2. The van der Waals surface area contributed by atoms with E-state index in [1.807, 2.05) is 0 Å². The van der Waals surface area contributed by atoms with Crippen LogP contribution in [-0.4, -0.2) is 12.1 Å². The van der Waals surface area contributed by atoms with E-state index >= 15 is 0 Å². The SMILES string of the molecule is CCC(C)C(C)(CC)C(=O)OC1CC(C)C(C(C)(C)C)CC1C(C)(C)C. The van der Waals surface area contributed by atoms with Crippen LogP contribution in [0.2, 0.25) is 0 Å². The molecule has 1 aliphatic carbocycles. The summed E-state index contributed by atoms with van der Waals surface area (Å²) in [5.74, 6) is 2.05. The second-order valence-corrected chi connectivity index (χ2v) is 11.4. The van der Waals surface area contributed by atoms with Crippen molar-refractivity contribution in [2.45, 2.75) is 108 Å². The smallest absolute Gasteiger partial charge is 0.312 e. The molecular formula is C24H46O2. The Balaban J connectivity index is 3.08. The van der Waals surface area contributed by atoms with E-state index in [9.17, 15) is 4.79 Å². The second-order valence-electron chi connectivity index (χ2n) is 11.4. The highest BCUT2D eigenvalue weighted by Crippen LogP contribution is 2.50. The van der Waals surface area contributed by atoms with Gasteiger partial charge in [-0.15, -0.1) is 0 Å². The van der Waals surface area contributed by atoms with Crippen LogP contribution in [0.25, 0.3) is 0 Å². The van der Waals surface area contributed by atoms with Gasteiger partial charge in [-0.2, -0.15) is 0 Å². The molecule has 0 aromatic heterocycles. The average Bonchev–Trinajstić information content (AvgIpc) is 2.50.